The molecule has 0 radical (unpaired) electrons. The van der Waals surface area contributed by atoms with E-state index in [1.807, 2.05) is 19.1 Å². The second-order valence-electron chi connectivity index (χ2n) is 10.5. The average Bonchev–Trinajstić information content (AvgIpc) is 3.31. The Kier molecular flexibility index (Phi) is 6.82. The summed E-state index contributed by atoms with van der Waals surface area (Å²) in [5.74, 6) is -0.515. The molecule has 6 nitrogen and oxygen atoms in total. The minimum atomic E-state index is -0.515. The number of aryl methyl sites for hydroxylation is 1. The summed E-state index contributed by atoms with van der Waals surface area (Å²) in [5, 5.41) is 4.34. The van der Waals surface area contributed by atoms with E-state index >= 15 is 0 Å². The fourth-order valence-electron chi connectivity index (χ4n) is 5.50. The predicted octanol–water partition coefficient (Wildman–Crippen LogP) is 4.87. The molecule has 36 heavy (non-hydrogen) atoms. The van der Waals surface area contributed by atoms with Crippen LogP contribution < -0.4 is 5.73 Å². The maximum absolute atomic E-state index is 11.5. The van der Waals surface area contributed by atoms with E-state index in [0.29, 0.717) is 6.04 Å². The quantitative estimate of drug-likeness (QED) is 0.542. The van der Waals surface area contributed by atoms with Crippen LogP contribution in [0.4, 0.5) is 0 Å². The van der Waals surface area contributed by atoms with Gasteiger partial charge in [0.15, 0.2) is 5.69 Å². The molecule has 1 saturated heterocycles. The van der Waals surface area contributed by atoms with Crippen molar-refractivity contribution in [3.05, 3.63) is 88.8 Å². The van der Waals surface area contributed by atoms with Crippen molar-refractivity contribution in [3.8, 4) is 5.69 Å². The van der Waals surface area contributed by atoms with Crippen LogP contribution in [0.1, 0.15) is 66.0 Å². The zero-order valence-corrected chi connectivity index (χ0v) is 21.5. The predicted molar refractivity (Wildman–Crippen MR) is 143 cm³/mol. The first kappa shape index (κ1) is 24.5. The first-order valence-corrected chi connectivity index (χ1v) is 12.9. The van der Waals surface area contributed by atoms with Gasteiger partial charge in [-0.25, -0.2) is 4.68 Å². The fourth-order valence-corrected chi connectivity index (χ4v) is 5.50. The number of ether oxygens (including phenoxy) is 1. The number of rotatable bonds is 6. The number of amides is 1. The summed E-state index contributed by atoms with van der Waals surface area (Å²) in [5.41, 5.74) is 12.6. The molecule has 0 bridgehead atoms. The molecule has 188 valence electrons. The van der Waals surface area contributed by atoms with Gasteiger partial charge in [-0.15, -0.1) is 0 Å². The van der Waals surface area contributed by atoms with Crippen LogP contribution in [-0.2, 0) is 10.2 Å². The van der Waals surface area contributed by atoms with Crippen LogP contribution in [0.5, 0.6) is 0 Å². The maximum atomic E-state index is 11.5. The first-order valence-electron chi connectivity index (χ1n) is 12.9. The summed E-state index contributed by atoms with van der Waals surface area (Å²) in [6.07, 6.45) is 5.94. The third-order valence-electron chi connectivity index (χ3n) is 7.90. The Bertz CT molecular complexity index is 1250. The largest absolute Gasteiger partial charge is 0.379 e. The molecular formula is C30H36N4O2. The molecule has 1 aromatic heterocycles. The van der Waals surface area contributed by atoms with Gasteiger partial charge in [0.25, 0.3) is 5.91 Å². The summed E-state index contributed by atoms with van der Waals surface area (Å²) in [7, 11) is 0. The first-order chi connectivity index (χ1) is 17.3. The summed E-state index contributed by atoms with van der Waals surface area (Å²) < 4.78 is 7.27. The minimum Gasteiger partial charge on any atom is -0.379 e. The van der Waals surface area contributed by atoms with E-state index in [4.69, 9.17) is 10.5 Å². The number of allylic oxidation sites excluding steroid dienone is 1. The highest BCUT2D eigenvalue weighted by molar-refractivity contribution is 5.90. The lowest BCUT2D eigenvalue weighted by Crippen LogP contribution is -2.43. The summed E-state index contributed by atoms with van der Waals surface area (Å²) in [4.78, 5) is 14.1. The molecule has 1 aliphatic heterocycles. The highest BCUT2D eigenvalue weighted by atomic mass is 16.5. The van der Waals surface area contributed by atoms with Crippen LogP contribution in [0.15, 0.2) is 60.7 Å². The molecule has 0 spiro atoms. The maximum Gasteiger partial charge on any atom is 0.269 e. The third kappa shape index (κ3) is 4.88. The Balaban J connectivity index is 1.29. The number of morpholine rings is 1. The molecule has 5 rings (SSSR count). The van der Waals surface area contributed by atoms with Crippen molar-refractivity contribution >= 4 is 11.5 Å². The number of hydrogen-bond acceptors (Lipinski definition) is 4. The standard InChI is InChI=1S/C30H36N4O2/c1-21-20-28(29(31)35)32-34(21)27-14-10-25(11-15-27)30(2,3)24-8-4-22(5-9-24)23-6-12-26(13-7-23)33-16-18-36-19-17-33/h4-6,8-11,14-15,20,26H,7,12-13,16-19H2,1-3H3,(H2,31,35). The number of carbonyl (C=O) groups is 1. The molecule has 6 heteroatoms. The smallest absolute Gasteiger partial charge is 0.269 e. The molecule has 3 aromatic rings. The molecule has 0 saturated carbocycles. The SMILES string of the molecule is Cc1cc(C(N)=O)nn1-c1ccc(C(C)(C)c2ccc(C3=CCC(N4CCOCC4)CC3)cc2)cc1. The summed E-state index contributed by atoms with van der Waals surface area (Å²) in [6.45, 7) is 10.3. The van der Waals surface area contributed by atoms with Gasteiger partial charge in [-0.3, -0.25) is 9.69 Å². The Morgan fingerprint density at radius 1 is 1.03 bits per heavy atom. The van der Waals surface area contributed by atoms with Gasteiger partial charge in [0, 0.05) is 30.2 Å². The zero-order chi connectivity index (χ0) is 25.3. The van der Waals surface area contributed by atoms with E-state index in [2.05, 4.69) is 66.3 Å². The lowest BCUT2D eigenvalue weighted by atomic mass is 9.77. The Hall–Kier alpha value is -3.22. The molecule has 1 aliphatic carbocycles. The average molecular weight is 485 g/mol. The van der Waals surface area contributed by atoms with Gasteiger partial charge in [-0.05, 0) is 66.6 Å². The van der Waals surface area contributed by atoms with Crippen molar-refractivity contribution in [1.29, 1.82) is 0 Å². The molecule has 1 fully saturated rings. The van der Waals surface area contributed by atoms with E-state index in [1.165, 1.54) is 28.7 Å². The van der Waals surface area contributed by atoms with Crippen molar-refractivity contribution in [2.24, 2.45) is 5.73 Å². The number of aromatic nitrogens is 2. The van der Waals surface area contributed by atoms with Gasteiger partial charge in [-0.1, -0.05) is 56.3 Å². The normalized spacial score (nSPS) is 19.2. The number of nitrogens with zero attached hydrogens (tertiary/aromatic N) is 3. The molecule has 1 unspecified atom stereocenters. The van der Waals surface area contributed by atoms with E-state index in [9.17, 15) is 4.79 Å². The molecule has 1 amide bonds. The van der Waals surface area contributed by atoms with Gasteiger partial charge in [-0.2, -0.15) is 5.10 Å². The molecule has 2 heterocycles. The second-order valence-corrected chi connectivity index (χ2v) is 10.5. The van der Waals surface area contributed by atoms with Crippen molar-refractivity contribution in [1.82, 2.24) is 14.7 Å². The lowest BCUT2D eigenvalue weighted by molar-refractivity contribution is 0.0150. The van der Waals surface area contributed by atoms with Gasteiger partial charge < -0.3 is 10.5 Å². The number of benzene rings is 2. The molecule has 1 atom stereocenters. The van der Waals surface area contributed by atoms with Crippen LogP contribution in [0.2, 0.25) is 0 Å². The van der Waals surface area contributed by atoms with Crippen LogP contribution >= 0.6 is 0 Å². The van der Waals surface area contributed by atoms with Crippen LogP contribution in [0, 0.1) is 6.92 Å². The molecule has 2 N–H and O–H groups in total. The van der Waals surface area contributed by atoms with Crippen molar-refractivity contribution < 1.29 is 9.53 Å². The monoisotopic (exact) mass is 484 g/mol. The summed E-state index contributed by atoms with van der Waals surface area (Å²) >= 11 is 0. The van der Waals surface area contributed by atoms with Crippen LogP contribution in [0.3, 0.4) is 0 Å². The molecule has 2 aromatic carbocycles. The van der Waals surface area contributed by atoms with E-state index in [1.54, 1.807) is 10.7 Å². The van der Waals surface area contributed by atoms with E-state index in [0.717, 1.165) is 50.5 Å². The van der Waals surface area contributed by atoms with E-state index in [-0.39, 0.29) is 11.1 Å². The fraction of sp³-hybridized carbons (Fsp3) is 0.400. The van der Waals surface area contributed by atoms with Gasteiger partial charge in [0.2, 0.25) is 0 Å². The highest BCUT2D eigenvalue weighted by Crippen LogP contribution is 2.35. The highest BCUT2D eigenvalue weighted by Gasteiger charge is 2.25. The third-order valence-corrected chi connectivity index (χ3v) is 7.90. The van der Waals surface area contributed by atoms with Crippen molar-refractivity contribution in [3.63, 3.8) is 0 Å². The van der Waals surface area contributed by atoms with Gasteiger partial charge >= 0.3 is 0 Å². The van der Waals surface area contributed by atoms with Crippen LogP contribution in [0.25, 0.3) is 11.3 Å². The number of carbonyl (C=O) groups excluding carboxylic acids is 1. The number of primary amides is 1. The zero-order valence-electron chi connectivity index (χ0n) is 21.5. The summed E-state index contributed by atoms with van der Waals surface area (Å²) in [6, 6.07) is 19.9. The number of hydrogen-bond donors (Lipinski definition) is 1. The Labute approximate surface area is 213 Å². The molecular weight excluding hydrogens is 448 g/mol. The topological polar surface area (TPSA) is 73.4 Å². The van der Waals surface area contributed by atoms with Crippen molar-refractivity contribution in [2.45, 2.75) is 51.5 Å². The molecule has 2 aliphatic rings. The lowest BCUT2D eigenvalue weighted by Gasteiger charge is -2.36. The van der Waals surface area contributed by atoms with Gasteiger partial charge in [0.05, 0.1) is 18.9 Å². The second kappa shape index (κ2) is 10.0. The number of nitrogens with two attached hydrogens (primary N) is 1. The Morgan fingerprint density at radius 2 is 1.67 bits per heavy atom. The Morgan fingerprint density at radius 3 is 2.22 bits per heavy atom. The minimum absolute atomic E-state index is 0.142. The van der Waals surface area contributed by atoms with Crippen LogP contribution in [-0.4, -0.2) is 52.9 Å². The van der Waals surface area contributed by atoms with Crippen molar-refractivity contribution in [2.75, 3.05) is 26.3 Å². The van der Waals surface area contributed by atoms with Gasteiger partial charge in [0.1, 0.15) is 0 Å². The van der Waals surface area contributed by atoms with E-state index < -0.39 is 5.91 Å².